The molecule has 0 saturated carbocycles. The van der Waals surface area contributed by atoms with Crippen LogP contribution in [0, 0.1) is 0 Å². The van der Waals surface area contributed by atoms with Crippen molar-refractivity contribution >= 4 is 17.3 Å². The molecule has 0 amide bonds. The molecule has 0 fully saturated rings. The fraction of sp³-hybridized carbons (Fsp3) is 0.286. The van der Waals surface area contributed by atoms with E-state index in [2.05, 4.69) is 25.8 Å². The zero-order valence-corrected chi connectivity index (χ0v) is 11.4. The number of carbonyl (C=O) groups is 1. The van der Waals surface area contributed by atoms with Gasteiger partial charge < -0.3 is 5.11 Å². The van der Waals surface area contributed by atoms with Gasteiger partial charge in [-0.15, -0.1) is 11.3 Å². The maximum absolute atomic E-state index is 10.9. The van der Waals surface area contributed by atoms with E-state index in [9.17, 15) is 4.79 Å². The summed E-state index contributed by atoms with van der Waals surface area (Å²) in [7, 11) is 0. The molecule has 0 aliphatic carbocycles. The summed E-state index contributed by atoms with van der Waals surface area (Å²) in [5.41, 5.74) is 2.00. The summed E-state index contributed by atoms with van der Waals surface area (Å²) in [4.78, 5) is 15.5. The van der Waals surface area contributed by atoms with E-state index in [0.29, 0.717) is 0 Å². The topological polar surface area (TPSA) is 50.2 Å². The van der Waals surface area contributed by atoms with Gasteiger partial charge in [0.15, 0.2) is 0 Å². The molecule has 1 aromatic carbocycles. The molecule has 0 aliphatic heterocycles. The van der Waals surface area contributed by atoms with Gasteiger partial charge in [-0.25, -0.2) is 9.78 Å². The van der Waals surface area contributed by atoms with Crippen molar-refractivity contribution in [3.8, 4) is 11.3 Å². The van der Waals surface area contributed by atoms with Crippen LogP contribution in [0.1, 0.15) is 36.1 Å². The number of rotatable bonds is 2. The lowest BCUT2D eigenvalue weighted by Gasteiger charge is -2.13. The van der Waals surface area contributed by atoms with Gasteiger partial charge in [0.1, 0.15) is 0 Å². The molecule has 2 rings (SSSR count). The van der Waals surface area contributed by atoms with Gasteiger partial charge >= 0.3 is 5.97 Å². The third-order valence-electron chi connectivity index (χ3n) is 2.55. The number of benzene rings is 1. The second-order valence-electron chi connectivity index (χ2n) is 5.17. The summed E-state index contributed by atoms with van der Waals surface area (Å²) in [6.45, 7) is 6.34. The van der Waals surface area contributed by atoms with Crippen LogP contribution in [0.5, 0.6) is 0 Å². The average Bonchev–Trinajstić information content (AvgIpc) is 2.78. The lowest BCUT2D eigenvalue weighted by Crippen LogP contribution is -2.10. The summed E-state index contributed by atoms with van der Waals surface area (Å²) in [6.07, 6.45) is 0. The summed E-state index contributed by atoms with van der Waals surface area (Å²) in [6, 6.07) is 6.87. The predicted molar refractivity (Wildman–Crippen MR) is 73.2 cm³/mol. The zero-order valence-electron chi connectivity index (χ0n) is 10.6. The Hall–Kier alpha value is -1.68. The Morgan fingerprint density at radius 2 is 2.06 bits per heavy atom. The van der Waals surface area contributed by atoms with Gasteiger partial charge in [0, 0.05) is 16.4 Å². The van der Waals surface area contributed by atoms with Crippen LogP contribution in [0.4, 0.5) is 0 Å². The van der Waals surface area contributed by atoms with E-state index in [1.54, 1.807) is 29.5 Å². The number of hydrogen-bond acceptors (Lipinski definition) is 3. The van der Waals surface area contributed by atoms with Crippen molar-refractivity contribution in [3.63, 3.8) is 0 Å². The lowest BCUT2D eigenvalue weighted by atomic mass is 9.98. The summed E-state index contributed by atoms with van der Waals surface area (Å²) < 4.78 is 0. The largest absolute Gasteiger partial charge is 0.478 e. The highest BCUT2D eigenvalue weighted by Crippen LogP contribution is 2.30. The van der Waals surface area contributed by atoms with Gasteiger partial charge in [-0.2, -0.15) is 0 Å². The van der Waals surface area contributed by atoms with Gasteiger partial charge in [0.05, 0.1) is 16.3 Å². The first kappa shape index (κ1) is 12.8. The van der Waals surface area contributed by atoms with Crippen LogP contribution >= 0.6 is 11.3 Å². The molecule has 0 unspecified atom stereocenters. The minimum Gasteiger partial charge on any atom is -0.478 e. The first-order chi connectivity index (χ1) is 8.38. The second-order valence-corrected chi connectivity index (χ2v) is 6.03. The van der Waals surface area contributed by atoms with Crippen molar-refractivity contribution < 1.29 is 9.90 Å². The number of thiazole rings is 1. The van der Waals surface area contributed by atoms with Gasteiger partial charge in [-0.05, 0) is 12.1 Å². The van der Waals surface area contributed by atoms with Crippen molar-refractivity contribution in [1.82, 2.24) is 4.98 Å². The number of carboxylic acids is 1. The molecule has 1 N–H and O–H groups in total. The van der Waals surface area contributed by atoms with Gasteiger partial charge in [0.2, 0.25) is 0 Å². The molecular weight excluding hydrogens is 246 g/mol. The molecule has 18 heavy (non-hydrogen) atoms. The first-order valence-electron chi connectivity index (χ1n) is 5.67. The minimum atomic E-state index is -0.914. The molecule has 3 nitrogen and oxygen atoms in total. The standard InChI is InChI=1S/C14H15NO2S/c1-14(2,3)13-15-11(8-18-13)9-5-4-6-10(7-9)12(16)17/h4-8H,1-3H3,(H,16,17). The Morgan fingerprint density at radius 1 is 1.33 bits per heavy atom. The van der Waals surface area contributed by atoms with Crippen molar-refractivity contribution in [2.45, 2.75) is 26.2 Å². The third-order valence-corrected chi connectivity index (χ3v) is 3.82. The molecular formula is C14H15NO2S. The predicted octanol–water partition coefficient (Wildman–Crippen LogP) is 3.81. The molecule has 0 atom stereocenters. The Labute approximate surface area is 110 Å². The lowest BCUT2D eigenvalue weighted by molar-refractivity contribution is 0.0697. The first-order valence-corrected chi connectivity index (χ1v) is 6.55. The highest BCUT2D eigenvalue weighted by atomic mass is 32.1. The van der Waals surface area contributed by atoms with E-state index in [1.807, 2.05) is 11.4 Å². The van der Waals surface area contributed by atoms with Crippen molar-refractivity contribution in [1.29, 1.82) is 0 Å². The van der Waals surface area contributed by atoms with Crippen molar-refractivity contribution in [3.05, 3.63) is 40.2 Å². The highest BCUT2D eigenvalue weighted by molar-refractivity contribution is 7.10. The van der Waals surface area contributed by atoms with Crippen LogP contribution in [0.15, 0.2) is 29.6 Å². The van der Waals surface area contributed by atoms with E-state index in [1.165, 1.54) is 0 Å². The summed E-state index contributed by atoms with van der Waals surface area (Å²) in [5.74, 6) is -0.914. The monoisotopic (exact) mass is 261 g/mol. The normalized spacial score (nSPS) is 11.5. The average molecular weight is 261 g/mol. The zero-order chi connectivity index (χ0) is 13.3. The van der Waals surface area contributed by atoms with Gasteiger partial charge in [-0.1, -0.05) is 32.9 Å². The van der Waals surface area contributed by atoms with Gasteiger partial charge in [-0.3, -0.25) is 0 Å². The summed E-state index contributed by atoms with van der Waals surface area (Å²) >= 11 is 1.61. The fourth-order valence-corrected chi connectivity index (χ4v) is 2.48. The molecule has 0 spiro atoms. The van der Waals surface area contributed by atoms with Crippen LogP contribution in [0.3, 0.4) is 0 Å². The highest BCUT2D eigenvalue weighted by Gasteiger charge is 2.18. The third kappa shape index (κ3) is 2.59. The smallest absolute Gasteiger partial charge is 0.335 e. The van der Waals surface area contributed by atoms with Crippen LogP contribution < -0.4 is 0 Å². The number of nitrogens with zero attached hydrogens (tertiary/aromatic N) is 1. The number of aromatic carboxylic acids is 1. The van der Waals surface area contributed by atoms with Crippen LogP contribution in [0.25, 0.3) is 11.3 Å². The van der Waals surface area contributed by atoms with E-state index >= 15 is 0 Å². The van der Waals surface area contributed by atoms with Crippen molar-refractivity contribution in [2.75, 3.05) is 0 Å². The molecule has 0 aliphatic rings. The SMILES string of the molecule is CC(C)(C)c1nc(-c2cccc(C(=O)O)c2)cs1. The molecule has 94 valence electrons. The molecule has 1 heterocycles. The van der Waals surface area contributed by atoms with Crippen LogP contribution in [0.2, 0.25) is 0 Å². The maximum atomic E-state index is 10.9. The molecule has 0 saturated heterocycles. The van der Waals surface area contributed by atoms with Crippen LogP contribution in [-0.4, -0.2) is 16.1 Å². The van der Waals surface area contributed by atoms with Crippen LogP contribution in [-0.2, 0) is 5.41 Å². The number of aromatic nitrogens is 1. The Morgan fingerprint density at radius 3 is 2.61 bits per heavy atom. The molecule has 4 heteroatoms. The van der Waals surface area contributed by atoms with E-state index < -0.39 is 5.97 Å². The quantitative estimate of drug-likeness (QED) is 0.894. The maximum Gasteiger partial charge on any atom is 0.335 e. The Bertz CT molecular complexity index is 581. The summed E-state index contributed by atoms with van der Waals surface area (Å²) in [5, 5.41) is 12.0. The Kier molecular flexibility index (Phi) is 3.22. The molecule has 0 bridgehead atoms. The fourth-order valence-electron chi connectivity index (χ4n) is 1.56. The minimum absolute atomic E-state index is 0.0212. The van der Waals surface area contributed by atoms with E-state index in [-0.39, 0.29) is 11.0 Å². The van der Waals surface area contributed by atoms with Gasteiger partial charge in [0.25, 0.3) is 0 Å². The number of carboxylic acid groups (broad SMARTS) is 1. The van der Waals surface area contributed by atoms with E-state index in [0.717, 1.165) is 16.3 Å². The molecule has 1 aromatic heterocycles. The van der Waals surface area contributed by atoms with E-state index in [4.69, 9.17) is 5.11 Å². The van der Waals surface area contributed by atoms with Crippen molar-refractivity contribution in [2.24, 2.45) is 0 Å². The number of hydrogen-bond donors (Lipinski definition) is 1. The molecule has 0 radical (unpaired) electrons. The Balaban J connectivity index is 2.40. The second kappa shape index (κ2) is 4.53. The molecule has 2 aromatic rings.